The highest BCUT2D eigenvalue weighted by Crippen LogP contribution is 2.44. The Morgan fingerprint density at radius 3 is 2.45 bits per heavy atom. The van der Waals surface area contributed by atoms with E-state index in [-0.39, 0.29) is 45.9 Å². The summed E-state index contributed by atoms with van der Waals surface area (Å²) in [6.45, 7) is 4.70. The average Bonchev–Trinajstić information content (AvgIpc) is 3.52. The number of anilines is 1. The van der Waals surface area contributed by atoms with Crippen molar-refractivity contribution in [2.75, 3.05) is 31.6 Å². The fourth-order valence-electron chi connectivity index (χ4n) is 4.35. The van der Waals surface area contributed by atoms with Crippen LogP contribution in [0.3, 0.4) is 0 Å². The van der Waals surface area contributed by atoms with Crippen LogP contribution in [0.5, 0.6) is 5.75 Å². The third-order valence-corrected chi connectivity index (χ3v) is 5.92. The Bertz CT molecular complexity index is 1110. The van der Waals surface area contributed by atoms with Gasteiger partial charge in [0, 0.05) is 44.8 Å². The number of fused-ring (bicyclic) bond motifs is 1. The molecule has 1 saturated heterocycles. The molecule has 9 nitrogen and oxygen atoms in total. The van der Waals surface area contributed by atoms with Crippen LogP contribution in [0.4, 0.5) is 10.1 Å². The molecule has 2 aromatic rings. The van der Waals surface area contributed by atoms with Crippen LogP contribution in [0.2, 0.25) is 0 Å². The summed E-state index contributed by atoms with van der Waals surface area (Å²) in [5.74, 6) is -1.80. The summed E-state index contributed by atoms with van der Waals surface area (Å²) in [7, 11) is 1.42. The molecule has 2 heterocycles. The van der Waals surface area contributed by atoms with Crippen LogP contribution in [0.15, 0.2) is 17.1 Å². The molecule has 3 N–H and O–H groups in total. The third-order valence-electron chi connectivity index (χ3n) is 5.92. The first-order chi connectivity index (χ1) is 14.2. The number of nitrogens with zero attached hydrogens (tertiary/aromatic N) is 3. The summed E-state index contributed by atoms with van der Waals surface area (Å²) in [6, 6.07) is 1.05. The highest BCUT2D eigenvalue weighted by Gasteiger charge is 2.33. The number of aromatic nitrogens is 1. The molecule has 1 saturated carbocycles. The molecule has 1 aromatic carbocycles. The first-order valence-corrected chi connectivity index (χ1v) is 9.95. The number of rotatable bonds is 4. The van der Waals surface area contributed by atoms with E-state index in [1.807, 2.05) is 11.8 Å². The first-order valence-electron chi connectivity index (χ1n) is 9.95. The molecule has 1 atom stereocenters. The number of carboxylic acids is 1. The van der Waals surface area contributed by atoms with Crippen LogP contribution in [0.25, 0.3) is 10.9 Å². The lowest BCUT2D eigenvalue weighted by Crippen LogP contribution is -2.53. The lowest BCUT2D eigenvalue weighted by atomic mass is 10.1. The van der Waals surface area contributed by atoms with E-state index in [9.17, 15) is 19.5 Å². The van der Waals surface area contributed by atoms with Crippen LogP contribution in [0, 0.1) is 5.82 Å². The van der Waals surface area contributed by atoms with E-state index in [0.29, 0.717) is 25.2 Å². The number of carboxylic acid groups (broad SMARTS) is 1. The number of amides is 1. The molecular formula is C21H26FN3O6. The molecule has 1 aliphatic carbocycles. The minimum absolute atomic E-state index is 0. The molecule has 31 heavy (non-hydrogen) atoms. The van der Waals surface area contributed by atoms with Gasteiger partial charge in [0.05, 0.1) is 18.0 Å². The molecule has 0 bridgehead atoms. The quantitative estimate of drug-likeness (QED) is 0.775. The van der Waals surface area contributed by atoms with Crippen LogP contribution in [0.1, 0.15) is 43.1 Å². The maximum Gasteiger partial charge on any atom is 0.341 e. The van der Waals surface area contributed by atoms with Gasteiger partial charge in [0.1, 0.15) is 11.3 Å². The molecular weight excluding hydrogens is 409 g/mol. The lowest BCUT2D eigenvalue weighted by molar-refractivity contribution is -0.131. The van der Waals surface area contributed by atoms with Gasteiger partial charge in [-0.2, -0.15) is 0 Å². The number of piperazine rings is 1. The Morgan fingerprint density at radius 1 is 1.26 bits per heavy atom. The Morgan fingerprint density at radius 2 is 1.94 bits per heavy atom. The Hall–Kier alpha value is -3.14. The number of ether oxygens (including phenoxy) is 1. The Kier molecular flexibility index (Phi) is 5.95. The minimum atomic E-state index is -1.34. The summed E-state index contributed by atoms with van der Waals surface area (Å²) >= 11 is 0. The predicted octanol–water partition coefficient (Wildman–Crippen LogP) is 1.41. The topological polar surface area (TPSA) is 124 Å². The van der Waals surface area contributed by atoms with Gasteiger partial charge in [-0.25, -0.2) is 9.18 Å². The van der Waals surface area contributed by atoms with Gasteiger partial charge in [0.2, 0.25) is 11.3 Å². The van der Waals surface area contributed by atoms with Gasteiger partial charge in [-0.1, -0.05) is 0 Å². The van der Waals surface area contributed by atoms with Gasteiger partial charge in [0.15, 0.2) is 11.6 Å². The SMILES string of the molecule is COc1c(N2CCN(C(C)=O)C(C)C2)c(F)cc2c(=O)c(C(=O)O)cn(C3CC3)c12.O. The lowest BCUT2D eigenvalue weighted by Gasteiger charge is -2.41. The summed E-state index contributed by atoms with van der Waals surface area (Å²) in [6.07, 6.45) is 3.04. The predicted molar refractivity (Wildman–Crippen MR) is 113 cm³/mol. The number of methoxy groups -OCH3 is 1. The smallest absolute Gasteiger partial charge is 0.341 e. The number of halogens is 1. The molecule has 1 unspecified atom stereocenters. The van der Waals surface area contributed by atoms with E-state index in [1.165, 1.54) is 20.2 Å². The van der Waals surface area contributed by atoms with E-state index in [2.05, 4.69) is 0 Å². The summed E-state index contributed by atoms with van der Waals surface area (Å²) in [4.78, 5) is 39.7. The maximum atomic E-state index is 15.3. The fraction of sp³-hybridized carbons (Fsp3) is 0.476. The van der Waals surface area contributed by atoms with E-state index >= 15 is 4.39 Å². The van der Waals surface area contributed by atoms with E-state index in [1.54, 1.807) is 9.47 Å². The molecule has 2 aliphatic rings. The number of aromatic carboxylic acids is 1. The van der Waals surface area contributed by atoms with Crippen molar-refractivity contribution >= 4 is 28.5 Å². The minimum Gasteiger partial charge on any atom is -0.492 e. The third kappa shape index (κ3) is 3.71. The van der Waals surface area contributed by atoms with E-state index < -0.39 is 17.2 Å². The van der Waals surface area contributed by atoms with Gasteiger partial charge in [-0.3, -0.25) is 9.59 Å². The van der Waals surface area contributed by atoms with Crippen molar-refractivity contribution < 1.29 is 29.3 Å². The van der Waals surface area contributed by atoms with Crippen molar-refractivity contribution in [1.82, 2.24) is 9.47 Å². The second-order valence-corrected chi connectivity index (χ2v) is 7.96. The van der Waals surface area contributed by atoms with Crippen LogP contribution >= 0.6 is 0 Å². The molecule has 168 valence electrons. The molecule has 0 radical (unpaired) electrons. The zero-order chi connectivity index (χ0) is 21.7. The second-order valence-electron chi connectivity index (χ2n) is 7.96. The van der Waals surface area contributed by atoms with Crippen molar-refractivity contribution in [3.8, 4) is 5.75 Å². The molecule has 4 rings (SSSR count). The molecule has 2 fully saturated rings. The molecule has 10 heteroatoms. The maximum absolute atomic E-state index is 15.3. The molecule has 0 spiro atoms. The summed E-state index contributed by atoms with van der Waals surface area (Å²) in [5.41, 5.74) is -0.467. The van der Waals surface area contributed by atoms with Gasteiger partial charge in [-0.05, 0) is 25.8 Å². The van der Waals surface area contributed by atoms with Gasteiger partial charge in [-0.15, -0.1) is 0 Å². The highest BCUT2D eigenvalue weighted by atomic mass is 19.1. The van der Waals surface area contributed by atoms with Crippen molar-refractivity contribution in [2.45, 2.75) is 38.8 Å². The second kappa shape index (κ2) is 8.18. The number of carbonyl (C=O) groups is 2. The van der Waals surface area contributed by atoms with Crippen LogP contribution in [-0.4, -0.2) is 64.7 Å². The Balaban J connectivity index is 0.00000272. The van der Waals surface area contributed by atoms with Crippen molar-refractivity contribution in [3.05, 3.63) is 33.9 Å². The summed E-state index contributed by atoms with van der Waals surface area (Å²) in [5, 5.41) is 9.42. The van der Waals surface area contributed by atoms with Gasteiger partial charge >= 0.3 is 5.97 Å². The normalized spacial score (nSPS) is 18.6. The number of carbonyl (C=O) groups excluding carboxylic acids is 1. The fourth-order valence-corrected chi connectivity index (χ4v) is 4.35. The highest BCUT2D eigenvalue weighted by molar-refractivity contribution is 5.97. The van der Waals surface area contributed by atoms with Gasteiger partial charge < -0.3 is 29.7 Å². The number of hydrogen-bond acceptors (Lipinski definition) is 5. The molecule has 1 aromatic heterocycles. The van der Waals surface area contributed by atoms with E-state index in [4.69, 9.17) is 4.74 Å². The van der Waals surface area contributed by atoms with Crippen molar-refractivity contribution in [2.24, 2.45) is 0 Å². The van der Waals surface area contributed by atoms with E-state index in [0.717, 1.165) is 18.9 Å². The monoisotopic (exact) mass is 435 g/mol. The zero-order valence-electron chi connectivity index (χ0n) is 17.6. The average molecular weight is 435 g/mol. The number of pyridine rings is 1. The first kappa shape index (κ1) is 22.5. The number of benzene rings is 1. The largest absolute Gasteiger partial charge is 0.492 e. The number of hydrogen-bond donors (Lipinski definition) is 1. The standard InChI is InChI=1S/C21H24FN3O5.H2O/c1-11-9-23(6-7-24(11)12(2)26)18-16(22)8-14-17(20(18)30-3)25(13-4-5-13)10-15(19(14)27)21(28)29;/h8,10-11,13H,4-7,9H2,1-3H3,(H,28,29);1H2. The molecule has 1 amide bonds. The zero-order valence-corrected chi connectivity index (χ0v) is 17.6. The van der Waals surface area contributed by atoms with Crippen LogP contribution in [-0.2, 0) is 4.79 Å². The Labute approximate surface area is 177 Å². The molecule has 1 aliphatic heterocycles. The van der Waals surface area contributed by atoms with Crippen molar-refractivity contribution in [1.29, 1.82) is 0 Å². The van der Waals surface area contributed by atoms with Crippen molar-refractivity contribution in [3.63, 3.8) is 0 Å². The summed E-state index contributed by atoms with van der Waals surface area (Å²) < 4.78 is 22.6. The van der Waals surface area contributed by atoms with Crippen LogP contribution < -0.4 is 15.1 Å². The van der Waals surface area contributed by atoms with Gasteiger partial charge in [0.25, 0.3) is 0 Å².